The van der Waals surface area contributed by atoms with E-state index in [1.54, 1.807) is 11.3 Å². The van der Waals surface area contributed by atoms with Crippen LogP contribution in [0.2, 0.25) is 5.04 Å². The molecule has 0 amide bonds. The molecule has 1 aromatic heterocycles. The van der Waals surface area contributed by atoms with Gasteiger partial charge in [0.05, 0.1) is 6.10 Å². The van der Waals surface area contributed by atoms with Gasteiger partial charge < -0.3 is 15.0 Å². The highest BCUT2D eigenvalue weighted by molar-refractivity contribution is 7.19. The highest BCUT2D eigenvalue weighted by atomic mass is 32.1. The van der Waals surface area contributed by atoms with E-state index in [1.165, 1.54) is 15.0 Å². The van der Waals surface area contributed by atoms with Gasteiger partial charge in [-0.1, -0.05) is 117 Å². The van der Waals surface area contributed by atoms with Crippen molar-refractivity contribution >= 4 is 51.9 Å². The zero-order chi connectivity index (χ0) is 32.7. The molecular weight excluding hydrogens is 609 g/mol. The van der Waals surface area contributed by atoms with Gasteiger partial charge in [0, 0.05) is 40.2 Å². The first-order valence-electron chi connectivity index (χ1n) is 16.2. The molecule has 1 heterocycles. The Hall–Kier alpha value is -3.62. The molecule has 1 aliphatic rings. The van der Waals surface area contributed by atoms with Crippen LogP contribution in [0.5, 0.6) is 0 Å². The molecule has 0 spiro atoms. The molecule has 0 radical (unpaired) electrons. The van der Waals surface area contributed by atoms with Gasteiger partial charge in [0.15, 0.2) is 0 Å². The molecule has 46 heavy (non-hydrogen) atoms. The van der Waals surface area contributed by atoms with Crippen LogP contribution in [0.1, 0.15) is 63.2 Å². The third-order valence-corrected chi connectivity index (χ3v) is 15.3. The Morgan fingerprint density at radius 3 is 2.24 bits per heavy atom. The number of carbonyl (C=O) groups is 2. The van der Waals surface area contributed by atoms with E-state index in [1.807, 2.05) is 84.9 Å². The lowest BCUT2D eigenvalue weighted by molar-refractivity contribution is -0.137. The van der Waals surface area contributed by atoms with Gasteiger partial charge in [-0.3, -0.25) is 9.59 Å². The number of thiophene rings is 1. The zero-order valence-electron chi connectivity index (χ0n) is 26.6. The number of aliphatic hydroxyl groups is 1. The van der Waals surface area contributed by atoms with Crippen molar-refractivity contribution in [1.29, 1.82) is 0 Å². The monoisotopic (exact) mass is 652 g/mol. The molecule has 4 aromatic rings. The Morgan fingerprint density at radius 2 is 1.61 bits per heavy atom. The summed E-state index contributed by atoms with van der Waals surface area (Å²) >= 11 is 1.76. The smallest absolute Gasteiger partial charge is 0.303 e. The fourth-order valence-electron chi connectivity index (χ4n) is 6.97. The second-order valence-corrected chi connectivity index (χ2v) is 18.2. The van der Waals surface area contributed by atoms with E-state index in [0.717, 1.165) is 10.4 Å². The van der Waals surface area contributed by atoms with Crippen LogP contribution in [-0.4, -0.2) is 41.2 Å². The molecule has 3 aromatic carbocycles. The lowest BCUT2D eigenvalue weighted by Crippen LogP contribution is -2.65. The van der Waals surface area contributed by atoms with E-state index < -0.39 is 25.4 Å². The summed E-state index contributed by atoms with van der Waals surface area (Å²) in [5.74, 6) is -1.42. The standard InChI is InChI=1S/C39H44O5SSi/c1-39(2,46(44,30-16-7-5-8-17-30)31-18-9-6-10-19-31)27-29(37-25-28-15-13-14-21-36(28)45-37)23-24-33-32(34(40)26-35(33)41)20-11-3-4-12-22-38(42)43/h3,5-11,13-19,21,23-25,29,32-33,35,41,44H,4,12,20,22,26-27H2,1-2H3,(H,42,43)/b11-3-,24-23+/t29-,32+,33+,35+/m0/s1. The first kappa shape index (κ1) is 33.7. The Balaban J connectivity index is 1.48. The molecule has 0 saturated heterocycles. The van der Waals surface area contributed by atoms with Crippen molar-refractivity contribution in [3.63, 3.8) is 0 Å². The van der Waals surface area contributed by atoms with Crippen LogP contribution >= 0.6 is 11.3 Å². The summed E-state index contributed by atoms with van der Waals surface area (Å²) in [7, 11) is -3.28. The number of aliphatic carboxylic acids is 1. The Kier molecular flexibility index (Phi) is 10.9. The fourth-order valence-corrected chi connectivity index (χ4v) is 11.9. The van der Waals surface area contributed by atoms with Crippen LogP contribution < -0.4 is 10.4 Å². The molecule has 0 aliphatic heterocycles. The van der Waals surface area contributed by atoms with Crippen molar-refractivity contribution in [1.82, 2.24) is 0 Å². The van der Waals surface area contributed by atoms with Crippen molar-refractivity contribution in [2.24, 2.45) is 11.8 Å². The molecule has 7 heteroatoms. The molecule has 4 atom stereocenters. The minimum Gasteiger partial charge on any atom is -0.481 e. The van der Waals surface area contributed by atoms with Crippen LogP contribution in [0.15, 0.2) is 115 Å². The molecule has 1 saturated carbocycles. The SMILES string of the molecule is CC(C)(C[C@H](/C=C/[C@H]1[C@H](O)CC(=O)[C@@H]1C/C=C\CCCC(=O)O)c1cc2ccccc2s1)[Si](O)(c1ccccc1)c1ccccc1. The topological polar surface area (TPSA) is 94.8 Å². The predicted molar refractivity (Wildman–Crippen MR) is 190 cm³/mol. The number of carbonyl (C=O) groups excluding carboxylic acids is 1. The Bertz CT molecular complexity index is 1600. The van der Waals surface area contributed by atoms with Crippen LogP contribution in [0.25, 0.3) is 10.1 Å². The zero-order valence-corrected chi connectivity index (χ0v) is 28.4. The minimum absolute atomic E-state index is 0.0473. The molecule has 5 nitrogen and oxygen atoms in total. The maximum atomic E-state index is 13.0. The van der Waals surface area contributed by atoms with Gasteiger partial charge in [0.25, 0.3) is 8.32 Å². The van der Waals surface area contributed by atoms with Gasteiger partial charge in [0.1, 0.15) is 5.78 Å². The molecule has 1 aliphatic carbocycles. The number of allylic oxidation sites excluding steroid dienone is 3. The molecule has 5 rings (SSSR count). The summed E-state index contributed by atoms with van der Waals surface area (Å²) in [6.07, 6.45) is 10.1. The van der Waals surface area contributed by atoms with Gasteiger partial charge in [-0.05, 0) is 58.6 Å². The van der Waals surface area contributed by atoms with E-state index >= 15 is 0 Å². The van der Waals surface area contributed by atoms with Crippen LogP contribution in [0.4, 0.5) is 0 Å². The molecular formula is C39H44O5SSi. The van der Waals surface area contributed by atoms with E-state index in [9.17, 15) is 19.5 Å². The fraction of sp³-hybridized carbons (Fsp3) is 0.333. The van der Waals surface area contributed by atoms with Crippen molar-refractivity contribution in [2.45, 2.75) is 69.4 Å². The lowest BCUT2D eigenvalue weighted by Gasteiger charge is -2.42. The number of hydrogen-bond acceptors (Lipinski definition) is 5. The lowest BCUT2D eigenvalue weighted by atomic mass is 9.87. The Morgan fingerprint density at radius 1 is 0.978 bits per heavy atom. The Labute approximate surface area is 277 Å². The third kappa shape index (κ3) is 7.50. The second kappa shape index (κ2) is 14.9. The third-order valence-electron chi connectivity index (χ3n) is 9.52. The van der Waals surface area contributed by atoms with E-state index in [-0.39, 0.29) is 36.4 Å². The number of aliphatic hydroxyl groups excluding tert-OH is 1. The summed E-state index contributed by atoms with van der Waals surface area (Å²) < 4.78 is 1.20. The van der Waals surface area contributed by atoms with E-state index in [2.05, 4.69) is 44.2 Å². The molecule has 0 unspecified atom stereocenters. The predicted octanol–water partition coefficient (Wildman–Crippen LogP) is 7.23. The van der Waals surface area contributed by atoms with Crippen molar-refractivity contribution in [3.8, 4) is 0 Å². The number of hydrogen-bond donors (Lipinski definition) is 3. The normalized spacial score (nSPS) is 19.8. The highest BCUT2D eigenvalue weighted by Gasteiger charge is 2.50. The van der Waals surface area contributed by atoms with E-state index in [4.69, 9.17) is 5.11 Å². The first-order valence-corrected chi connectivity index (χ1v) is 18.9. The van der Waals surface area contributed by atoms with Gasteiger partial charge in [-0.2, -0.15) is 0 Å². The van der Waals surface area contributed by atoms with E-state index in [0.29, 0.717) is 25.7 Å². The number of unbranched alkanes of at least 4 members (excludes halogenated alkanes) is 1. The van der Waals surface area contributed by atoms with Crippen molar-refractivity contribution in [2.75, 3.05) is 0 Å². The number of ketones is 1. The number of rotatable bonds is 14. The average Bonchev–Trinajstić information content (AvgIpc) is 3.60. The largest absolute Gasteiger partial charge is 0.481 e. The summed E-state index contributed by atoms with van der Waals surface area (Å²) in [6.45, 7) is 4.36. The number of carboxylic acids is 1. The second-order valence-electron chi connectivity index (χ2n) is 13.1. The summed E-state index contributed by atoms with van der Waals surface area (Å²) in [5, 5.41) is 22.5. The summed E-state index contributed by atoms with van der Waals surface area (Å²) in [6, 6.07) is 30.7. The molecule has 0 bridgehead atoms. The number of carboxylic acid groups (broad SMARTS) is 1. The van der Waals surface area contributed by atoms with Crippen LogP contribution in [-0.2, 0) is 9.59 Å². The highest BCUT2D eigenvalue weighted by Crippen LogP contribution is 2.47. The number of benzene rings is 3. The first-order chi connectivity index (χ1) is 22.1. The summed E-state index contributed by atoms with van der Waals surface area (Å²) in [5.41, 5.74) is 0. The average molecular weight is 653 g/mol. The maximum absolute atomic E-state index is 13.0. The van der Waals surface area contributed by atoms with Crippen molar-refractivity contribution in [3.05, 3.63) is 120 Å². The molecule has 3 N–H and O–H groups in total. The quantitative estimate of drug-likeness (QED) is 0.0759. The van der Waals surface area contributed by atoms with Crippen molar-refractivity contribution < 1.29 is 24.6 Å². The van der Waals surface area contributed by atoms with Gasteiger partial charge in [0.2, 0.25) is 0 Å². The van der Waals surface area contributed by atoms with Crippen LogP contribution in [0.3, 0.4) is 0 Å². The van der Waals surface area contributed by atoms with Gasteiger partial charge >= 0.3 is 5.97 Å². The number of fused-ring (bicyclic) bond motifs is 1. The van der Waals surface area contributed by atoms with Gasteiger partial charge in [-0.25, -0.2) is 0 Å². The minimum atomic E-state index is -3.28. The van der Waals surface area contributed by atoms with Gasteiger partial charge in [-0.15, -0.1) is 11.3 Å². The van der Waals surface area contributed by atoms with Crippen LogP contribution in [0, 0.1) is 11.8 Å². The summed E-state index contributed by atoms with van der Waals surface area (Å²) in [4.78, 5) is 37.9. The molecule has 240 valence electrons. The molecule has 1 fully saturated rings. The number of Topliss-reactive ketones (excluding diaryl/α,β-unsaturated/α-hetero) is 1. The maximum Gasteiger partial charge on any atom is 0.303 e.